The first-order valence-corrected chi connectivity index (χ1v) is 10.9. The second-order valence-electron chi connectivity index (χ2n) is 7.38. The molecule has 0 aliphatic carbocycles. The molecule has 0 atom stereocenters. The summed E-state index contributed by atoms with van der Waals surface area (Å²) in [6.45, 7) is 6.41. The van der Waals surface area contributed by atoms with Crippen LogP contribution in [0.3, 0.4) is 0 Å². The summed E-state index contributed by atoms with van der Waals surface area (Å²) in [5.41, 5.74) is 1.22. The molecule has 0 bridgehead atoms. The van der Waals surface area contributed by atoms with E-state index < -0.39 is 0 Å². The molecule has 0 spiro atoms. The number of piperidine rings is 2. The van der Waals surface area contributed by atoms with Gasteiger partial charge in [-0.25, -0.2) is 9.97 Å². The normalized spacial score (nSPS) is 19.9. The van der Waals surface area contributed by atoms with Gasteiger partial charge in [0, 0.05) is 32.4 Å². The summed E-state index contributed by atoms with van der Waals surface area (Å²) < 4.78 is 13.3. The third-order valence-corrected chi connectivity index (χ3v) is 7.33. The number of rotatable bonds is 4. The lowest BCUT2D eigenvalue weighted by atomic mass is 9.79. The van der Waals surface area contributed by atoms with Crippen molar-refractivity contribution < 1.29 is 3.89 Å². The van der Waals surface area contributed by atoms with E-state index in [0.717, 1.165) is 49.0 Å². The van der Waals surface area contributed by atoms with Crippen molar-refractivity contribution in [2.24, 2.45) is 11.8 Å². The highest BCUT2D eigenvalue weighted by Gasteiger charge is 2.30. The lowest BCUT2D eigenvalue weighted by Crippen LogP contribution is -2.41. The molecule has 2 aromatic heterocycles. The van der Waals surface area contributed by atoms with Gasteiger partial charge in [-0.2, -0.15) is 3.89 Å². The van der Waals surface area contributed by atoms with E-state index in [-0.39, 0.29) is 0 Å². The van der Waals surface area contributed by atoms with Gasteiger partial charge in [0.05, 0.1) is 18.3 Å². The number of nitrogens with zero attached hydrogens (tertiary/aromatic N) is 4. The number of pyridine rings is 1. The molecular weight excluding hydrogens is 367 g/mol. The monoisotopic (exact) mass is 392 g/mol. The van der Waals surface area contributed by atoms with Crippen molar-refractivity contribution in [2.45, 2.75) is 36.8 Å². The van der Waals surface area contributed by atoms with Crippen molar-refractivity contribution >= 4 is 34.4 Å². The molecule has 2 saturated heterocycles. The predicted octanol–water partition coefficient (Wildman–Crippen LogP) is 4.96. The van der Waals surface area contributed by atoms with E-state index in [1.807, 2.05) is 6.20 Å². The first-order chi connectivity index (χ1) is 12.7. The zero-order valence-electron chi connectivity index (χ0n) is 15.1. The molecule has 0 aromatic carbocycles. The third-order valence-electron chi connectivity index (χ3n) is 5.78. The van der Waals surface area contributed by atoms with Gasteiger partial charge in [0.25, 0.3) is 0 Å². The molecule has 2 aliphatic rings. The summed E-state index contributed by atoms with van der Waals surface area (Å²) in [4.78, 5) is 13.7. The highest BCUT2D eigenvalue weighted by Crippen LogP contribution is 2.37. The van der Waals surface area contributed by atoms with Gasteiger partial charge in [0.1, 0.15) is 10.0 Å². The lowest BCUT2D eigenvalue weighted by Gasteiger charge is -2.40. The first kappa shape index (κ1) is 18.0. The maximum Gasteiger partial charge on any atom is 0.186 e. The highest BCUT2D eigenvalue weighted by molar-refractivity contribution is 7.96. The molecular formula is C19H25FN4S2. The van der Waals surface area contributed by atoms with Gasteiger partial charge in [-0.1, -0.05) is 17.4 Å². The van der Waals surface area contributed by atoms with Gasteiger partial charge in [0.2, 0.25) is 0 Å². The Kier molecular flexibility index (Phi) is 5.64. The Hall–Kier alpha value is -1.34. The lowest BCUT2D eigenvalue weighted by molar-refractivity contribution is 0.233. The Morgan fingerprint density at radius 1 is 0.962 bits per heavy atom. The quantitative estimate of drug-likeness (QED) is 0.735. The zero-order chi connectivity index (χ0) is 17.9. The van der Waals surface area contributed by atoms with Gasteiger partial charge in [-0.05, 0) is 56.1 Å². The molecule has 140 valence electrons. The van der Waals surface area contributed by atoms with Crippen LogP contribution in [0.4, 0.5) is 14.8 Å². The van der Waals surface area contributed by atoms with Crippen LogP contribution in [0.25, 0.3) is 0 Å². The van der Waals surface area contributed by atoms with E-state index in [2.05, 4.69) is 38.8 Å². The molecule has 4 heterocycles. The minimum Gasteiger partial charge on any atom is -0.357 e. The van der Waals surface area contributed by atoms with E-state index >= 15 is 0 Å². The summed E-state index contributed by atoms with van der Waals surface area (Å²) >= 11 is 1.76. The van der Waals surface area contributed by atoms with Gasteiger partial charge < -0.3 is 9.80 Å². The van der Waals surface area contributed by atoms with Crippen LogP contribution in [0.1, 0.15) is 31.2 Å². The maximum atomic E-state index is 12.6. The summed E-state index contributed by atoms with van der Waals surface area (Å²) in [6.07, 6.45) is 8.59. The SMILES string of the molecule is Cc1ccc(N2CCC(C3CCN(c4ncc(SF)s4)CC3)CC2)nc1. The highest BCUT2D eigenvalue weighted by atomic mass is 32.2. The second-order valence-corrected chi connectivity index (χ2v) is 9.24. The number of aryl methyl sites for hydroxylation is 1. The maximum absolute atomic E-state index is 12.6. The topological polar surface area (TPSA) is 32.3 Å². The minimum atomic E-state index is 0.296. The van der Waals surface area contributed by atoms with E-state index in [1.54, 1.807) is 6.20 Å². The average Bonchev–Trinajstić information content (AvgIpc) is 3.18. The Bertz CT molecular complexity index is 705. The van der Waals surface area contributed by atoms with Crippen LogP contribution < -0.4 is 9.80 Å². The number of thiazole rings is 1. The van der Waals surface area contributed by atoms with Gasteiger partial charge in [-0.15, -0.1) is 0 Å². The molecule has 0 saturated carbocycles. The molecule has 7 heteroatoms. The number of halogens is 1. The molecule has 0 amide bonds. The number of anilines is 2. The molecule has 0 unspecified atom stereocenters. The summed E-state index contributed by atoms with van der Waals surface area (Å²) in [7, 11) is 0. The Balaban J connectivity index is 1.27. The fourth-order valence-electron chi connectivity index (χ4n) is 4.24. The van der Waals surface area contributed by atoms with Crippen molar-refractivity contribution in [3.8, 4) is 0 Å². The summed E-state index contributed by atoms with van der Waals surface area (Å²) in [5.74, 6) is 2.76. The van der Waals surface area contributed by atoms with Crippen LogP contribution in [0.15, 0.2) is 28.7 Å². The van der Waals surface area contributed by atoms with Crippen molar-refractivity contribution in [2.75, 3.05) is 36.0 Å². The minimum absolute atomic E-state index is 0.296. The largest absolute Gasteiger partial charge is 0.357 e. The molecule has 2 aliphatic heterocycles. The van der Waals surface area contributed by atoms with Gasteiger partial charge in [-0.3, -0.25) is 0 Å². The van der Waals surface area contributed by atoms with Crippen LogP contribution in [0, 0.1) is 18.8 Å². The van der Waals surface area contributed by atoms with Crippen molar-refractivity contribution in [3.63, 3.8) is 0 Å². The molecule has 26 heavy (non-hydrogen) atoms. The van der Waals surface area contributed by atoms with Crippen LogP contribution >= 0.6 is 23.5 Å². The molecule has 4 nitrogen and oxygen atoms in total. The second kappa shape index (κ2) is 8.13. The zero-order valence-corrected chi connectivity index (χ0v) is 16.7. The molecule has 0 N–H and O–H groups in total. The molecule has 2 aromatic rings. The van der Waals surface area contributed by atoms with Crippen molar-refractivity contribution in [1.29, 1.82) is 0 Å². The molecule has 4 rings (SSSR count). The average molecular weight is 393 g/mol. The molecule has 2 fully saturated rings. The first-order valence-electron chi connectivity index (χ1n) is 9.40. The van der Waals surface area contributed by atoms with E-state index in [4.69, 9.17) is 0 Å². The Labute approximate surface area is 163 Å². The number of aromatic nitrogens is 2. The van der Waals surface area contributed by atoms with Gasteiger partial charge >= 0.3 is 0 Å². The Morgan fingerprint density at radius 3 is 2.15 bits per heavy atom. The van der Waals surface area contributed by atoms with Crippen LogP contribution in [-0.4, -0.2) is 36.1 Å². The smallest absolute Gasteiger partial charge is 0.186 e. The fourth-order valence-corrected chi connectivity index (χ4v) is 5.39. The van der Waals surface area contributed by atoms with Crippen molar-refractivity contribution in [3.05, 3.63) is 30.1 Å². The van der Waals surface area contributed by atoms with E-state index in [1.165, 1.54) is 42.6 Å². The summed E-state index contributed by atoms with van der Waals surface area (Å²) in [6, 6.07) is 4.29. The van der Waals surface area contributed by atoms with Crippen LogP contribution in [0.2, 0.25) is 0 Å². The predicted molar refractivity (Wildman–Crippen MR) is 108 cm³/mol. The number of hydrogen-bond acceptors (Lipinski definition) is 6. The standard InChI is InChI=1S/C19H25FN4S2/c1-14-2-3-17(21-12-14)23-8-4-15(5-9-23)16-6-10-24(11-7-16)19-22-13-18(25-19)26-20/h2-3,12-13,15-16H,4-11H2,1H3. The van der Waals surface area contributed by atoms with E-state index in [0.29, 0.717) is 16.4 Å². The van der Waals surface area contributed by atoms with E-state index in [9.17, 15) is 3.89 Å². The van der Waals surface area contributed by atoms with Crippen LogP contribution in [0.5, 0.6) is 0 Å². The third kappa shape index (κ3) is 3.98. The summed E-state index contributed by atoms with van der Waals surface area (Å²) in [5, 5.41) is 0.976. The molecule has 0 radical (unpaired) electrons. The van der Waals surface area contributed by atoms with Gasteiger partial charge in [0.15, 0.2) is 5.13 Å². The number of hydrogen-bond donors (Lipinski definition) is 0. The van der Waals surface area contributed by atoms with Crippen molar-refractivity contribution in [1.82, 2.24) is 9.97 Å². The fraction of sp³-hybridized carbons (Fsp3) is 0.579. The van der Waals surface area contributed by atoms with Crippen LogP contribution in [-0.2, 0) is 0 Å². The Morgan fingerprint density at radius 2 is 1.62 bits per heavy atom.